The lowest BCUT2D eigenvalue weighted by atomic mass is 10.3. The maximum absolute atomic E-state index is 11.1. The van der Waals surface area contributed by atoms with Crippen molar-refractivity contribution in [2.75, 3.05) is 34.7 Å². The van der Waals surface area contributed by atoms with Gasteiger partial charge in [-0.15, -0.1) is 0 Å². The highest BCUT2D eigenvalue weighted by molar-refractivity contribution is 5.73. The zero-order valence-corrected chi connectivity index (χ0v) is 8.59. The summed E-state index contributed by atoms with van der Waals surface area (Å²) in [6.45, 7) is 2.85. The van der Waals surface area contributed by atoms with Crippen LogP contribution in [0.2, 0.25) is 0 Å². The minimum absolute atomic E-state index is 0.0376. The Morgan fingerprint density at radius 1 is 1.33 bits per heavy atom. The topological polar surface area (TPSA) is 35.6 Å². The van der Waals surface area contributed by atoms with E-state index in [2.05, 4.69) is 5.32 Å². The van der Waals surface area contributed by atoms with Crippen molar-refractivity contribution < 1.29 is 4.79 Å². The summed E-state index contributed by atoms with van der Waals surface area (Å²) < 4.78 is 0. The molecular formula is C8H19N3O. The van der Waals surface area contributed by atoms with Gasteiger partial charge in [0.25, 0.3) is 0 Å². The van der Waals surface area contributed by atoms with E-state index in [-0.39, 0.29) is 12.1 Å². The maximum Gasteiger partial charge on any atom is 0.317 e. The third-order valence-electron chi connectivity index (χ3n) is 1.42. The molecule has 0 saturated heterocycles. The Labute approximate surface area is 74.5 Å². The summed E-state index contributed by atoms with van der Waals surface area (Å²) >= 11 is 0. The summed E-state index contributed by atoms with van der Waals surface area (Å²) in [6.07, 6.45) is 0. The molecule has 0 rings (SSSR count). The molecule has 0 saturated carbocycles. The standard InChI is InChI=1S/C8H19N3O/c1-7(6-10(2)3)9-8(12)11(4)5/h7H,6H2,1-5H3,(H,9,12). The van der Waals surface area contributed by atoms with Crippen molar-refractivity contribution in [3.8, 4) is 0 Å². The minimum atomic E-state index is -0.0376. The summed E-state index contributed by atoms with van der Waals surface area (Å²) in [6, 6.07) is 0.152. The van der Waals surface area contributed by atoms with E-state index in [1.54, 1.807) is 14.1 Å². The van der Waals surface area contributed by atoms with E-state index in [0.29, 0.717) is 0 Å². The minimum Gasteiger partial charge on any atom is -0.334 e. The number of carbonyl (C=O) groups excluding carboxylic acids is 1. The third-order valence-corrected chi connectivity index (χ3v) is 1.42. The van der Waals surface area contributed by atoms with Crippen LogP contribution in [0, 0.1) is 0 Å². The van der Waals surface area contributed by atoms with Crippen LogP contribution in [-0.2, 0) is 0 Å². The molecule has 1 N–H and O–H groups in total. The molecule has 0 radical (unpaired) electrons. The molecule has 0 fully saturated rings. The molecule has 12 heavy (non-hydrogen) atoms. The first-order chi connectivity index (χ1) is 5.43. The van der Waals surface area contributed by atoms with Crippen LogP contribution >= 0.6 is 0 Å². The summed E-state index contributed by atoms with van der Waals surface area (Å²) in [7, 11) is 7.44. The van der Waals surface area contributed by atoms with Gasteiger partial charge in [-0.1, -0.05) is 0 Å². The lowest BCUT2D eigenvalue weighted by molar-refractivity contribution is 0.211. The normalized spacial score (nSPS) is 12.8. The summed E-state index contributed by atoms with van der Waals surface area (Å²) in [5.41, 5.74) is 0. The van der Waals surface area contributed by atoms with Crippen LogP contribution in [-0.4, -0.2) is 56.6 Å². The van der Waals surface area contributed by atoms with Crippen LogP contribution in [0.5, 0.6) is 0 Å². The van der Waals surface area contributed by atoms with Gasteiger partial charge in [0, 0.05) is 26.7 Å². The predicted octanol–water partition coefficient (Wildman–Crippen LogP) is 0.208. The van der Waals surface area contributed by atoms with Gasteiger partial charge < -0.3 is 15.1 Å². The Morgan fingerprint density at radius 3 is 2.17 bits per heavy atom. The van der Waals surface area contributed by atoms with Crippen LogP contribution in [0.4, 0.5) is 4.79 Å². The van der Waals surface area contributed by atoms with Crippen molar-refractivity contribution in [3.63, 3.8) is 0 Å². The Kier molecular flexibility index (Phi) is 4.66. The molecule has 0 aromatic rings. The monoisotopic (exact) mass is 173 g/mol. The van der Waals surface area contributed by atoms with E-state index < -0.39 is 0 Å². The van der Waals surface area contributed by atoms with Crippen molar-refractivity contribution in [3.05, 3.63) is 0 Å². The average Bonchev–Trinajstić information content (AvgIpc) is 1.84. The first-order valence-electron chi connectivity index (χ1n) is 4.06. The van der Waals surface area contributed by atoms with E-state index in [9.17, 15) is 4.79 Å². The molecular weight excluding hydrogens is 154 g/mol. The van der Waals surface area contributed by atoms with Crippen molar-refractivity contribution in [2.45, 2.75) is 13.0 Å². The summed E-state index contributed by atoms with van der Waals surface area (Å²) in [4.78, 5) is 14.7. The third kappa shape index (κ3) is 4.96. The van der Waals surface area contributed by atoms with Gasteiger partial charge in [0.1, 0.15) is 0 Å². The highest BCUT2D eigenvalue weighted by Gasteiger charge is 2.08. The first-order valence-corrected chi connectivity index (χ1v) is 4.06. The molecule has 0 aromatic carbocycles. The molecule has 0 aliphatic heterocycles. The van der Waals surface area contributed by atoms with Crippen molar-refractivity contribution in [2.24, 2.45) is 0 Å². The number of carbonyl (C=O) groups is 1. The number of amides is 2. The summed E-state index contributed by atoms with van der Waals surface area (Å²) in [5.74, 6) is 0. The number of nitrogens with one attached hydrogen (secondary N) is 1. The van der Waals surface area contributed by atoms with E-state index in [1.165, 1.54) is 4.90 Å². The van der Waals surface area contributed by atoms with Gasteiger partial charge in [0.15, 0.2) is 0 Å². The Bertz CT molecular complexity index is 145. The quantitative estimate of drug-likeness (QED) is 0.662. The number of rotatable bonds is 3. The molecule has 0 aromatic heterocycles. The molecule has 4 nitrogen and oxygen atoms in total. The predicted molar refractivity (Wildman–Crippen MR) is 50.2 cm³/mol. The molecule has 72 valence electrons. The van der Waals surface area contributed by atoms with Crippen molar-refractivity contribution in [1.82, 2.24) is 15.1 Å². The molecule has 1 unspecified atom stereocenters. The van der Waals surface area contributed by atoms with Crippen LogP contribution in [0.1, 0.15) is 6.92 Å². The highest BCUT2D eigenvalue weighted by atomic mass is 16.2. The maximum atomic E-state index is 11.1. The lowest BCUT2D eigenvalue weighted by Crippen LogP contribution is -2.44. The highest BCUT2D eigenvalue weighted by Crippen LogP contribution is 1.86. The van der Waals surface area contributed by atoms with Crippen molar-refractivity contribution in [1.29, 1.82) is 0 Å². The number of urea groups is 1. The zero-order valence-electron chi connectivity index (χ0n) is 8.59. The second-order valence-electron chi connectivity index (χ2n) is 3.51. The Morgan fingerprint density at radius 2 is 1.83 bits per heavy atom. The Balaban J connectivity index is 3.69. The number of likely N-dealkylation sites (N-methyl/N-ethyl adjacent to an activating group) is 1. The molecule has 0 heterocycles. The fraction of sp³-hybridized carbons (Fsp3) is 0.875. The number of hydrogen-bond donors (Lipinski definition) is 1. The van der Waals surface area contributed by atoms with Gasteiger partial charge >= 0.3 is 6.03 Å². The van der Waals surface area contributed by atoms with Gasteiger partial charge in [-0.2, -0.15) is 0 Å². The molecule has 1 atom stereocenters. The van der Waals surface area contributed by atoms with Crippen LogP contribution in [0.15, 0.2) is 0 Å². The van der Waals surface area contributed by atoms with Gasteiger partial charge in [-0.25, -0.2) is 4.79 Å². The molecule has 0 aliphatic rings. The molecule has 0 spiro atoms. The van der Waals surface area contributed by atoms with Crippen LogP contribution in [0.25, 0.3) is 0 Å². The SMILES string of the molecule is CC(CN(C)C)NC(=O)N(C)C. The Hall–Kier alpha value is -0.770. The average molecular weight is 173 g/mol. The number of nitrogens with zero attached hydrogens (tertiary/aromatic N) is 2. The second kappa shape index (κ2) is 4.98. The van der Waals surface area contributed by atoms with Gasteiger partial charge in [-0.3, -0.25) is 0 Å². The molecule has 4 heteroatoms. The molecule has 0 bridgehead atoms. The van der Waals surface area contributed by atoms with Crippen LogP contribution in [0.3, 0.4) is 0 Å². The molecule has 0 aliphatic carbocycles. The lowest BCUT2D eigenvalue weighted by Gasteiger charge is -2.20. The van der Waals surface area contributed by atoms with E-state index in [0.717, 1.165) is 6.54 Å². The fourth-order valence-corrected chi connectivity index (χ4v) is 0.933. The van der Waals surface area contributed by atoms with Crippen molar-refractivity contribution >= 4 is 6.03 Å². The van der Waals surface area contributed by atoms with E-state index >= 15 is 0 Å². The largest absolute Gasteiger partial charge is 0.334 e. The second-order valence-corrected chi connectivity index (χ2v) is 3.51. The van der Waals surface area contributed by atoms with Gasteiger partial charge in [0.2, 0.25) is 0 Å². The van der Waals surface area contributed by atoms with Gasteiger partial charge in [-0.05, 0) is 21.0 Å². The van der Waals surface area contributed by atoms with Gasteiger partial charge in [0.05, 0.1) is 0 Å². The molecule has 2 amide bonds. The summed E-state index contributed by atoms with van der Waals surface area (Å²) in [5, 5.41) is 2.86. The van der Waals surface area contributed by atoms with E-state index in [4.69, 9.17) is 0 Å². The van der Waals surface area contributed by atoms with Crippen LogP contribution < -0.4 is 5.32 Å². The van der Waals surface area contributed by atoms with E-state index in [1.807, 2.05) is 25.9 Å². The number of hydrogen-bond acceptors (Lipinski definition) is 2. The smallest absolute Gasteiger partial charge is 0.317 e. The first kappa shape index (κ1) is 11.2. The zero-order chi connectivity index (χ0) is 9.72. The fourth-order valence-electron chi connectivity index (χ4n) is 0.933.